The van der Waals surface area contributed by atoms with Crippen LogP contribution in [-0.4, -0.2) is 64.7 Å². The fourth-order valence-electron chi connectivity index (χ4n) is 2.05. The molecule has 1 aliphatic heterocycles. The van der Waals surface area contributed by atoms with Crippen LogP contribution >= 0.6 is 0 Å². The Hall–Kier alpha value is -2.17. The third-order valence-corrected chi connectivity index (χ3v) is 4.70. The average molecular weight is 318 g/mol. The van der Waals surface area contributed by atoms with Crippen LogP contribution in [-0.2, 0) is 21.2 Å². The number of amides is 2. The lowest BCUT2D eigenvalue weighted by Gasteiger charge is -2.34. The van der Waals surface area contributed by atoms with Crippen molar-refractivity contribution >= 4 is 21.8 Å². The molecule has 1 atom stereocenters. The van der Waals surface area contributed by atoms with E-state index in [0.717, 1.165) is 6.39 Å². The minimum absolute atomic E-state index is 0.0123. The summed E-state index contributed by atoms with van der Waals surface area (Å²) in [6.45, 7) is -0.0310. The Morgan fingerprint density at radius 1 is 1.52 bits per heavy atom. The molecule has 1 unspecified atom stereocenters. The first-order valence-electron chi connectivity index (χ1n) is 6.09. The number of rotatable bonds is 4. The number of nitrogens with zero attached hydrogens (tertiary/aromatic N) is 3. The van der Waals surface area contributed by atoms with Crippen LogP contribution < -0.4 is 5.32 Å². The van der Waals surface area contributed by atoms with Crippen molar-refractivity contribution in [3.05, 3.63) is 12.2 Å². The fourth-order valence-corrected chi connectivity index (χ4v) is 3.58. The molecule has 0 saturated carbocycles. The molecule has 10 nitrogen and oxygen atoms in total. The molecular weight excluding hydrogens is 304 g/mol. The van der Waals surface area contributed by atoms with Crippen molar-refractivity contribution in [1.82, 2.24) is 20.4 Å². The van der Waals surface area contributed by atoms with E-state index in [9.17, 15) is 18.0 Å². The third kappa shape index (κ3) is 4.15. The second kappa shape index (κ2) is 6.08. The lowest BCUT2D eigenvalue weighted by Crippen LogP contribution is -2.54. The summed E-state index contributed by atoms with van der Waals surface area (Å²) < 4.78 is 27.7. The highest BCUT2D eigenvalue weighted by molar-refractivity contribution is 7.91. The van der Waals surface area contributed by atoms with E-state index < -0.39 is 34.3 Å². The Morgan fingerprint density at radius 3 is 2.90 bits per heavy atom. The molecule has 0 spiro atoms. The molecule has 0 aromatic carbocycles. The quantitative estimate of drug-likeness (QED) is 0.708. The number of sulfone groups is 1. The van der Waals surface area contributed by atoms with E-state index in [2.05, 4.69) is 20.0 Å². The number of carbonyl (C=O) groups excluding carboxylic acids is 1. The second-order valence-corrected chi connectivity index (χ2v) is 6.79. The standard InChI is InChI=1S/C10H14N4O6S/c15-9(16)3-7-5-21(18,19)2-1-14(7)10(17)11-4-8-12-6-20-13-8/h6-7H,1-5H2,(H,11,17)(H,15,16). The second-order valence-electron chi connectivity index (χ2n) is 4.57. The molecule has 2 amide bonds. The minimum atomic E-state index is -3.33. The highest BCUT2D eigenvalue weighted by Gasteiger charge is 2.35. The van der Waals surface area contributed by atoms with Crippen molar-refractivity contribution in [2.45, 2.75) is 19.0 Å². The molecular formula is C10H14N4O6S. The molecule has 1 fully saturated rings. The van der Waals surface area contributed by atoms with Gasteiger partial charge in [-0.05, 0) is 0 Å². The number of nitrogens with one attached hydrogen (secondary N) is 1. The molecule has 0 aliphatic carbocycles. The van der Waals surface area contributed by atoms with E-state index in [1.807, 2.05) is 0 Å². The van der Waals surface area contributed by atoms with Gasteiger partial charge in [0.1, 0.15) is 0 Å². The van der Waals surface area contributed by atoms with Crippen LogP contribution in [0.3, 0.4) is 0 Å². The summed E-state index contributed by atoms with van der Waals surface area (Å²) >= 11 is 0. The lowest BCUT2D eigenvalue weighted by molar-refractivity contribution is -0.138. The zero-order chi connectivity index (χ0) is 15.5. The molecule has 1 aromatic rings. The molecule has 2 heterocycles. The molecule has 116 valence electrons. The van der Waals surface area contributed by atoms with E-state index in [0.29, 0.717) is 0 Å². The number of carboxylic acids is 1. The first-order valence-corrected chi connectivity index (χ1v) is 7.91. The van der Waals surface area contributed by atoms with Gasteiger partial charge in [-0.2, -0.15) is 4.98 Å². The van der Waals surface area contributed by atoms with E-state index in [1.165, 1.54) is 4.90 Å². The third-order valence-electron chi connectivity index (χ3n) is 3.01. The fraction of sp³-hybridized carbons (Fsp3) is 0.600. The van der Waals surface area contributed by atoms with Gasteiger partial charge < -0.3 is 19.8 Å². The highest BCUT2D eigenvalue weighted by atomic mass is 32.2. The molecule has 2 N–H and O–H groups in total. The number of aromatic nitrogens is 2. The molecule has 21 heavy (non-hydrogen) atoms. The normalized spacial score (nSPS) is 21.0. The van der Waals surface area contributed by atoms with Gasteiger partial charge in [-0.3, -0.25) is 4.79 Å². The van der Waals surface area contributed by atoms with Gasteiger partial charge in [0.05, 0.1) is 30.5 Å². The Bertz CT molecular complexity index is 614. The Morgan fingerprint density at radius 2 is 2.29 bits per heavy atom. The van der Waals surface area contributed by atoms with Gasteiger partial charge in [-0.15, -0.1) is 0 Å². The number of carbonyl (C=O) groups is 2. The van der Waals surface area contributed by atoms with Crippen molar-refractivity contribution in [3.63, 3.8) is 0 Å². The number of hydrogen-bond acceptors (Lipinski definition) is 7. The van der Waals surface area contributed by atoms with Crippen LogP contribution in [0.25, 0.3) is 0 Å². The number of carboxylic acid groups (broad SMARTS) is 1. The number of hydrogen-bond donors (Lipinski definition) is 2. The smallest absolute Gasteiger partial charge is 0.318 e. The molecule has 1 aliphatic rings. The summed E-state index contributed by atoms with van der Waals surface area (Å²) in [4.78, 5) is 27.8. The zero-order valence-corrected chi connectivity index (χ0v) is 11.7. The molecule has 1 saturated heterocycles. The highest BCUT2D eigenvalue weighted by Crippen LogP contribution is 2.15. The van der Waals surface area contributed by atoms with E-state index in [-0.39, 0.29) is 30.4 Å². The molecule has 2 rings (SSSR count). The van der Waals surface area contributed by atoms with Gasteiger partial charge in [0.25, 0.3) is 0 Å². The predicted octanol–water partition coefficient (Wildman–Crippen LogP) is -1.15. The topological polar surface area (TPSA) is 143 Å². The van der Waals surface area contributed by atoms with Gasteiger partial charge in [0, 0.05) is 6.54 Å². The molecule has 0 radical (unpaired) electrons. The van der Waals surface area contributed by atoms with Gasteiger partial charge in [0.2, 0.25) is 6.39 Å². The Labute approximate surface area is 120 Å². The molecule has 11 heteroatoms. The summed E-state index contributed by atoms with van der Waals surface area (Å²) in [5.41, 5.74) is 0. The van der Waals surface area contributed by atoms with Crippen molar-refractivity contribution < 1.29 is 27.6 Å². The van der Waals surface area contributed by atoms with E-state index >= 15 is 0 Å². The van der Waals surface area contributed by atoms with Crippen molar-refractivity contribution in [2.75, 3.05) is 18.1 Å². The molecule has 1 aromatic heterocycles. The van der Waals surface area contributed by atoms with Crippen molar-refractivity contribution in [3.8, 4) is 0 Å². The van der Waals surface area contributed by atoms with Gasteiger partial charge >= 0.3 is 12.0 Å². The van der Waals surface area contributed by atoms with Gasteiger partial charge in [-0.25, -0.2) is 13.2 Å². The maximum absolute atomic E-state index is 12.0. The lowest BCUT2D eigenvalue weighted by atomic mass is 10.2. The first kappa shape index (κ1) is 15.2. The van der Waals surface area contributed by atoms with Gasteiger partial charge in [-0.1, -0.05) is 5.16 Å². The van der Waals surface area contributed by atoms with Crippen LogP contribution in [0.1, 0.15) is 12.2 Å². The maximum Gasteiger partial charge on any atom is 0.318 e. The minimum Gasteiger partial charge on any atom is -0.481 e. The van der Waals surface area contributed by atoms with Crippen LogP contribution in [0.2, 0.25) is 0 Å². The average Bonchev–Trinajstić information content (AvgIpc) is 2.87. The van der Waals surface area contributed by atoms with Crippen LogP contribution in [0.15, 0.2) is 10.9 Å². The van der Waals surface area contributed by atoms with Crippen LogP contribution in [0.4, 0.5) is 4.79 Å². The number of urea groups is 1. The first-order chi connectivity index (χ1) is 9.87. The van der Waals surface area contributed by atoms with E-state index in [4.69, 9.17) is 5.11 Å². The Kier molecular flexibility index (Phi) is 4.40. The van der Waals surface area contributed by atoms with Crippen LogP contribution in [0.5, 0.6) is 0 Å². The van der Waals surface area contributed by atoms with Gasteiger partial charge in [0.15, 0.2) is 15.7 Å². The number of aliphatic carboxylic acids is 1. The van der Waals surface area contributed by atoms with Crippen molar-refractivity contribution in [2.24, 2.45) is 0 Å². The predicted molar refractivity (Wildman–Crippen MR) is 67.9 cm³/mol. The Balaban J connectivity index is 2.01. The zero-order valence-electron chi connectivity index (χ0n) is 10.9. The SMILES string of the molecule is O=C(O)CC1CS(=O)(=O)CCN1C(=O)NCc1ncon1. The van der Waals surface area contributed by atoms with E-state index in [1.54, 1.807) is 0 Å². The summed E-state index contributed by atoms with van der Waals surface area (Å²) in [5.74, 6) is -1.43. The largest absolute Gasteiger partial charge is 0.481 e. The summed E-state index contributed by atoms with van der Waals surface area (Å²) in [6, 6.07) is -1.44. The monoisotopic (exact) mass is 318 g/mol. The van der Waals surface area contributed by atoms with Crippen molar-refractivity contribution in [1.29, 1.82) is 0 Å². The summed E-state index contributed by atoms with van der Waals surface area (Å²) in [6.07, 6.45) is 0.692. The summed E-state index contributed by atoms with van der Waals surface area (Å²) in [5, 5.41) is 14.8. The van der Waals surface area contributed by atoms with Crippen LogP contribution in [0, 0.1) is 0 Å². The maximum atomic E-state index is 12.0. The summed E-state index contributed by atoms with van der Waals surface area (Å²) in [7, 11) is -3.33. The molecule has 0 bridgehead atoms.